The van der Waals surface area contributed by atoms with Gasteiger partial charge in [0, 0.05) is 32.5 Å². The highest BCUT2D eigenvalue weighted by atomic mass is 16.2. The van der Waals surface area contributed by atoms with Crippen molar-refractivity contribution in [2.24, 2.45) is 21.7 Å². The molecule has 1 aromatic carbocycles. The molecule has 24 heavy (non-hydrogen) atoms. The number of nitrogens with two attached hydrogens (primary N) is 1. The van der Waals surface area contributed by atoms with E-state index in [9.17, 15) is 4.79 Å². The third-order valence-electron chi connectivity index (χ3n) is 4.22. The van der Waals surface area contributed by atoms with Crippen LogP contribution in [0.15, 0.2) is 34.4 Å². The summed E-state index contributed by atoms with van der Waals surface area (Å²) in [5.74, 6) is 0.679. The topological polar surface area (TPSA) is 83.1 Å². The summed E-state index contributed by atoms with van der Waals surface area (Å²) in [6, 6.07) is 8.28. The van der Waals surface area contributed by atoms with Crippen molar-refractivity contribution in [1.82, 2.24) is 10.3 Å². The van der Waals surface area contributed by atoms with Gasteiger partial charge in [-0.05, 0) is 17.5 Å². The van der Waals surface area contributed by atoms with Gasteiger partial charge in [-0.3, -0.25) is 9.79 Å². The number of carbonyl (C=O) groups excluding carboxylic acids is 1. The predicted octanol–water partition coefficient (Wildman–Crippen LogP) is 2.09. The molecule has 1 amide bonds. The minimum Gasteiger partial charge on any atom is -0.370 e. The summed E-state index contributed by atoms with van der Waals surface area (Å²) in [5, 5.41) is 4.20. The maximum atomic E-state index is 11.4. The largest absolute Gasteiger partial charge is 0.370 e. The molecule has 0 aromatic heterocycles. The van der Waals surface area contributed by atoms with Crippen LogP contribution in [0.5, 0.6) is 0 Å². The zero-order chi connectivity index (χ0) is 17.5. The van der Waals surface area contributed by atoms with Gasteiger partial charge in [0.05, 0.1) is 5.71 Å². The first kappa shape index (κ1) is 18.0. The Balaban J connectivity index is 2.09. The maximum Gasteiger partial charge on any atom is 0.240 e. The number of carbonyl (C=O) groups is 1. The highest BCUT2D eigenvalue weighted by Crippen LogP contribution is 2.17. The van der Waals surface area contributed by atoms with E-state index in [1.165, 1.54) is 5.56 Å². The van der Waals surface area contributed by atoms with Gasteiger partial charge in [-0.2, -0.15) is 5.10 Å². The second kappa shape index (κ2) is 8.47. The van der Waals surface area contributed by atoms with Crippen molar-refractivity contribution < 1.29 is 4.79 Å². The smallest absolute Gasteiger partial charge is 0.240 e. The number of nitrogens with zero attached hydrogens (tertiary/aromatic N) is 3. The van der Waals surface area contributed by atoms with Crippen LogP contribution in [0.3, 0.4) is 0 Å². The first-order valence-electron chi connectivity index (χ1n) is 8.48. The Morgan fingerprint density at radius 2 is 2.12 bits per heavy atom. The molecule has 0 fully saturated rings. The van der Waals surface area contributed by atoms with E-state index < -0.39 is 0 Å². The lowest BCUT2D eigenvalue weighted by atomic mass is 9.93. The number of hydrogen-bond acceptors (Lipinski definition) is 3. The second-order valence-electron chi connectivity index (χ2n) is 6.19. The highest BCUT2D eigenvalue weighted by molar-refractivity contribution is 6.05. The van der Waals surface area contributed by atoms with Gasteiger partial charge in [-0.15, -0.1) is 0 Å². The minimum atomic E-state index is -0.0243. The quantitative estimate of drug-likeness (QED) is 0.619. The molecule has 0 aliphatic carbocycles. The third-order valence-corrected chi connectivity index (χ3v) is 4.22. The average Bonchev–Trinajstić information content (AvgIpc) is 2.58. The molecule has 2 rings (SSSR count). The van der Waals surface area contributed by atoms with E-state index in [1.54, 1.807) is 7.05 Å². The van der Waals surface area contributed by atoms with Gasteiger partial charge in [0.1, 0.15) is 0 Å². The molecule has 0 bridgehead atoms. The van der Waals surface area contributed by atoms with Crippen LogP contribution in [0.4, 0.5) is 0 Å². The molecule has 1 aromatic rings. The van der Waals surface area contributed by atoms with Crippen LogP contribution in [0.25, 0.3) is 0 Å². The van der Waals surface area contributed by atoms with Crippen LogP contribution in [0.1, 0.15) is 44.2 Å². The van der Waals surface area contributed by atoms with E-state index in [0.717, 1.165) is 37.2 Å². The lowest BCUT2D eigenvalue weighted by molar-refractivity contribution is -0.121. The van der Waals surface area contributed by atoms with Gasteiger partial charge in [-0.25, -0.2) is 5.43 Å². The first-order chi connectivity index (χ1) is 11.5. The Hall–Kier alpha value is -2.37. The summed E-state index contributed by atoms with van der Waals surface area (Å²) in [7, 11) is 1.72. The fourth-order valence-corrected chi connectivity index (χ4v) is 2.77. The highest BCUT2D eigenvalue weighted by Gasteiger charge is 2.21. The van der Waals surface area contributed by atoms with Crippen LogP contribution in [0, 0.1) is 5.92 Å². The summed E-state index contributed by atoms with van der Waals surface area (Å²) in [6.07, 6.45) is 2.69. The molecule has 0 spiro atoms. The Labute approximate surface area is 143 Å². The van der Waals surface area contributed by atoms with E-state index >= 15 is 0 Å². The van der Waals surface area contributed by atoms with Crippen LogP contribution >= 0.6 is 0 Å². The fraction of sp³-hybridized carbons (Fsp3) is 0.500. The van der Waals surface area contributed by atoms with Gasteiger partial charge < -0.3 is 10.6 Å². The molecule has 1 aliphatic heterocycles. The molecule has 1 heterocycles. The standard InChI is InChI=1S/C18H27N5O/c1-4-5-10-23(18(19)20-3)12-14-6-8-15(9-7-14)17-13(2)11-16(24)21-22-17/h6-9,13H,4-5,10-12H2,1-3H3,(H2,19,20)(H,21,24). The summed E-state index contributed by atoms with van der Waals surface area (Å²) in [4.78, 5) is 17.6. The van der Waals surface area contributed by atoms with Crippen molar-refractivity contribution >= 4 is 17.6 Å². The monoisotopic (exact) mass is 329 g/mol. The molecule has 0 saturated carbocycles. The number of unbranched alkanes of at least 4 members (excludes halogenated alkanes) is 1. The molecule has 0 saturated heterocycles. The predicted molar refractivity (Wildman–Crippen MR) is 97.8 cm³/mol. The van der Waals surface area contributed by atoms with Gasteiger partial charge >= 0.3 is 0 Å². The Morgan fingerprint density at radius 1 is 1.42 bits per heavy atom. The lowest BCUT2D eigenvalue weighted by Crippen LogP contribution is -2.37. The van der Waals surface area contributed by atoms with Crippen molar-refractivity contribution in [3.8, 4) is 0 Å². The van der Waals surface area contributed by atoms with Crippen LogP contribution in [-0.4, -0.2) is 36.1 Å². The zero-order valence-corrected chi connectivity index (χ0v) is 14.7. The number of nitrogens with one attached hydrogen (secondary N) is 1. The molecule has 1 aliphatic rings. The lowest BCUT2D eigenvalue weighted by Gasteiger charge is -2.24. The number of hydrazone groups is 1. The molecule has 130 valence electrons. The van der Waals surface area contributed by atoms with Crippen molar-refractivity contribution in [2.75, 3.05) is 13.6 Å². The summed E-state index contributed by atoms with van der Waals surface area (Å²) in [5.41, 5.74) is 11.7. The van der Waals surface area contributed by atoms with Crippen molar-refractivity contribution in [1.29, 1.82) is 0 Å². The molecular formula is C18H27N5O. The average molecular weight is 329 g/mol. The number of aliphatic imine (C=N–C) groups is 1. The summed E-state index contributed by atoms with van der Waals surface area (Å²) < 4.78 is 0. The molecule has 3 N–H and O–H groups in total. The second-order valence-corrected chi connectivity index (χ2v) is 6.19. The molecule has 1 unspecified atom stereocenters. The van der Waals surface area contributed by atoms with E-state index in [1.807, 2.05) is 6.92 Å². The Bertz CT molecular complexity index is 621. The van der Waals surface area contributed by atoms with Crippen LogP contribution in [0.2, 0.25) is 0 Å². The first-order valence-corrected chi connectivity index (χ1v) is 8.48. The maximum absolute atomic E-state index is 11.4. The van der Waals surface area contributed by atoms with E-state index in [-0.39, 0.29) is 11.8 Å². The normalized spacial score (nSPS) is 18.1. The van der Waals surface area contributed by atoms with Gasteiger partial charge in [0.2, 0.25) is 5.91 Å². The number of rotatable bonds is 6. The van der Waals surface area contributed by atoms with E-state index in [0.29, 0.717) is 12.4 Å². The molecule has 1 atom stereocenters. The molecular weight excluding hydrogens is 302 g/mol. The van der Waals surface area contributed by atoms with E-state index in [4.69, 9.17) is 5.73 Å². The van der Waals surface area contributed by atoms with E-state index in [2.05, 4.69) is 51.6 Å². The van der Waals surface area contributed by atoms with Gasteiger partial charge in [0.25, 0.3) is 0 Å². The molecule has 6 nitrogen and oxygen atoms in total. The third kappa shape index (κ3) is 4.57. The van der Waals surface area contributed by atoms with Crippen molar-refractivity contribution in [3.63, 3.8) is 0 Å². The van der Waals surface area contributed by atoms with Crippen molar-refractivity contribution in [3.05, 3.63) is 35.4 Å². The minimum absolute atomic E-state index is 0.0243. The van der Waals surface area contributed by atoms with Crippen molar-refractivity contribution in [2.45, 2.75) is 39.7 Å². The SMILES string of the molecule is CCCCN(Cc1ccc(C2=NNC(=O)CC2C)cc1)C(N)=NC. The van der Waals surface area contributed by atoms with Crippen LogP contribution < -0.4 is 11.2 Å². The zero-order valence-electron chi connectivity index (χ0n) is 14.7. The van der Waals surface area contributed by atoms with Gasteiger partial charge in [-0.1, -0.05) is 44.5 Å². The summed E-state index contributed by atoms with van der Waals surface area (Å²) >= 11 is 0. The summed E-state index contributed by atoms with van der Waals surface area (Å²) in [6.45, 7) is 5.83. The van der Waals surface area contributed by atoms with Crippen LogP contribution in [-0.2, 0) is 11.3 Å². The number of hydrogen-bond donors (Lipinski definition) is 2. The number of benzene rings is 1. The molecule has 0 radical (unpaired) electrons. The van der Waals surface area contributed by atoms with Gasteiger partial charge in [0.15, 0.2) is 5.96 Å². The number of guanidine groups is 1. The Kier molecular flexibility index (Phi) is 6.35. The Morgan fingerprint density at radius 3 is 2.71 bits per heavy atom. The number of amides is 1. The molecule has 6 heteroatoms. The fourth-order valence-electron chi connectivity index (χ4n) is 2.77.